The van der Waals surface area contributed by atoms with Crippen LogP contribution in [0.15, 0.2) is 48.5 Å². The van der Waals surface area contributed by atoms with E-state index < -0.39 is 0 Å². The number of aromatic nitrogens is 2. The molecule has 1 aromatic heterocycles. The summed E-state index contributed by atoms with van der Waals surface area (Å²) in [7, 11) is 0. The van der Waals surface area contributed by atoms with E-state index in [1.54, 1.807) is 24.3 Å². The van der Waals surface area contributed by atoms with Gasteiger partial charge in [-0.05, 0) is 49.1 Å². The highest BCUT2D eigenvalue weighted by molar-refractivity contribution is 6.31. The molecule has 0 atom stereocenters. The predicted octanol–water partition coefficient (Wildman–Crippen LogP) is 4.33. The van der Waals surface area contributed by atoms with E-state index in [0.29, 0.717) is 22.5 Å². The maximum atomic E-state index is 12.3. The van der Waals surface area contributed by atoms with Crippen LogP contribution >= 0.6 is 11.6 Å². The summed E-state index contributed by atoms with van der Waals surface area (Å²) in [5, 5.41) is 3.43. The first-order chi connectivity index (χ1) is 14.5. The third-order valence-electron chi connectivity index (χ3n) is 5.13. The van der Waals surface area contributed by atoms with Gasteiger partial charge < -0.3 is 15.0 Å². The molecule has 3 aromatic rings. The molecule has 6 nitrogen and oxygen atoms in total. The van der Waals surface area contributed by atoms with Gasteiger partial charge in [-0.3, -0.25) is 4.79 Å². The Labute approximate surface area is 180 Å². The molecule has 0 unspecified atom stereocenters. The second-order valence-corrected chi connectivity index (χ2v) is 7.74. The number of rotatable bonds is 5. The minimum absolute atomic E-state index is 0.148. The average molecular weight is 423 g/mol. The first kappa shape index (κ1) is 20.2. The molecule has 1 aliphatic heterocycles. The fourth-order valence-electron chi connectivity index (χ4n) is 3.48. The number of carbonyl (C=O) groups is 1. The zero-order valence-corrected chi connectivity index (χ0v) is 17.7. The fraction of sp³-hybridized carbons (Fsp3) is 0.261. The molecule has 30 heavy (non-hydrogen) atoms. The fourth-order valence-corrected chi connectivity index (χ4v) is 3.65. The summed E-state index contributed by atoms with van der Waals surface area (Å²) in [4.78, 5) is 23.6. The normalized spacial score (nSPS) is 13.0. The minimum Gasteiger partial charge on any atom is -0.467 e. The molecule has 0 bridgehead atoms. The van der Waals surface area contributed by atoms with Gasteiger partial charge in [0.1, 0.15) is 0 Å². The van der Waals surface area contributed by atoms with Crippen LogP contribution in [0, 0.1) is 13.8 Å². The lowest BCUT2D eigenvalue weighted by molar-refractivity contribution is -0.118. The van der Waals surface area contributed by atoms with Crippen LogP contribution in [0.1, 0.15) is 22.4 Å². The minimum atomic E-state index is -0.273. The maximum Gasteiger partial charge on any atom is 0.262 e. The van der Waals surface area contributed by atoms with Crippen molar-refractivity contribution in [1.29, 1.82) is 0 Å². The van der Waals surface area contributed by atoms with Gasteiger partial charge in [-0.15, -0.1) is 0 Å². The number of hydrogen-bond donors (Lipinski definition) is 1. The number of nitrogens with zero attached hydrogens (tertiary/aromatic N) is 3. The number of hydrogen-bond acceptors (Lipinski definition) is 5. The monoisotopic (exact) mass is 422 g/mol. The molecular weight excluding hydrogens is 400 g/mol. The molecule has 0 radical (unpaired) electrons. The second-order valence-electron chi connectivity index (χ2n) is 7.34. The summed E-state index contributed by atoms with van der Waals surface area (Å²) in [6.45, 7) is 5.20. The van der Waals surface area contributed by atoms with Gasteiger partial charge in [0, 0.05) is 35.6 Å². The van der Waals surface area contributed by atoms with Crippen molar-refractivity contribution in [2.24, 2.45) is 0 Å². The van der Waals surface area contributed by atoms with E-state index in [1.165, 1.54) is 11.1 Å². The summed E-state index contributed by atoms with van der Waals surface area (Å²) in [6, 6.07) is 15.5. The SMILES string of the molecule is Cc1cc(OCC(=O)Nc2cccc(Cl)c2C)nc(N2CCc3ccccc3C2)n1. The summed E-state index contributed by atoms with van der Waals surface area (Å²) >= 11 is 6.11. The van der Waals surface area contributed by atoms with Crippen molar-refractivity contribution in [1.82, 2.24) is 9.97 Å². The molecule has 1 aliphatic rings. The van der Waals surface area contributed by atoms with Gasteiger partial charge >= 0.3 is 0 Å². The van der Waals surface area contributed by atoms with E-state index in [9.17, 15) is 4.79 Å². The smallest absolute Gasteiger partial charge is 0.262 e. The standard InChI is InChI=1S/C23H23ClN4O2/c1-15-12-22(30-14-21(29)26-20-9-5-8-19(24)16(20)2)27-23(25-15)28-11-10-17-6-3-4-7-18(17)13-28/h3-9,12H,10-11,13-14H2,1-2H3,(H,26,29). The first-order valence-electron chi connectivity index (χ1n) is 9.85. The summed E-state index contributed by atoms with van der Waals surface area (Å²) < 4.78 is 5.67. The number of aryl methyl sites for hydroxylation is 1. The van der Waals surface area contributed by atoms with E-state index in [0.717, 1.165) is 30.8 Å². The number of amides is 1. The number of nitrogens with one attached hydrogen (secondary N) is 1. The molecule has 1 N–H and O–H groups in total. The van der Waals surface area contributed by atoms with Crippen molar-refractivity contribution in [3.05, 3.63) is 75.9 Å². The number of ether oxygens (including phenoxy) is 1. The van der Waals surface area contributed by atoms with E-state index >= 15 is 0 Å². The number of carbonyl (C=O) groups excluding carboxylic acids is 1. The van der Waals surface area contributed by atoms with Crippen LogP contribution in [-0.2, 0) is 17.8 Å². The molecule has 0 spiro atoms. The van der Waals surface area contributed by atoms with Crippen molar-refractivity contribution >= 4 is 29.1 Å². The number of fused-ring (bicyclic) bond motifs is 1. The van der Waals surface area contributed by atoms with Gasteiger partial charge in [0.25, 0.3) is 5.91 Å². The van der Waals surface area contributed by atoms with E-state index in [1.807, 2.05) is 19.9 Å². The third kappa shape index (κ3) is 4.54. The Balaban J connectivity index is 1.42. The maximum absolute atomic E-state index is 12.3. The Morgan fingerprint density at radius 1 is 1.13 bits per heavy atom. The van der Waals surface area contributed by atoms with Gasteiger partial charge in [0.2, 0.25) is 11.8 Å². The van der Waals surface area contributed by atoms with Gasteiger partial charge in [-0.25, -0.2) is 4.98 Å². The molecule has 1 amide bonds. The Morgan fingerprint density at radius 3 is 2.77 bits per heavy atom. The largest absolute Gasteiger partial charge is 0.467 e. The Kier molecular flexibility index (Phi) is 5.86. The van der Waals surface area contributed by atoms with Crippen molar-refractivity contribution in [3.63, 3.8) is 0 Å². The summed E-state index contributed by atoms with van der Waals surface area (Å²) in [6.07, 6.45) is 0.949. The predicted molar refractivity (Wildman–Crippen MR) is 118 cm³/mol. The molecule has 2 heterocycles. The van der Waals surface area contributed by atoms with Gasteiger partial charge in [-0.2, -0.15) is 4.98 Å². The van der Waals surface area contributed by atoms with Crippen LogP contribution in [0.3, 0.4) is 0 Å². The van der Waals surface area contributed by atoms with E-state index in [2.05, 4.69) is 38.4 Å². The van der Waals surface area contributed by atoms with Crippen molar-refractivity contribution in [3.8, 4) is 5.88 Å². The van der Waals surface area contributed by atoms with Crippen LogP contribution in [-0.4, -0.2) is 29.0 Å². The zero-order chi connectivity index (χ0) is 21.1. The third-order valence-corrected chi connectivity index (χ3v) is 5.53. The average Bonchev–Trinajstić information content (AvgIpc) is 2.75. The molecule has 0 fully saturated rings. The van der Waals surface area contributed by atoms with Crippen molar-refractivity contribution in [2.75, 3.05) is 23.4 Å². The molecule has 7 heteroatoms. The quantitative estimate of drug-likeness (QED) is 0.663. The Bertz CT molecular complexity index is 1090. The van der Waals surface area contributed by atoms with Crippen LogP contribution < -0.4 is 15.0 Å². The second kappa shape index (κ2) is 8.71. The molecule has 0 saturated heterocycles. The highest BCUT2D eigenvalue weighted by Crippen LogP contribution is 2.24. The Hall–Kier alpha value is -3.12. The molecule has 0 saturated carbocycles. The van der Waals surface area contributed by atoms with Crippen LogP contribution in [0.2, 0.25) is 5.02 Å². The van der Waals surface area contributed by atoms with E-state index in [4.69, 9.17) is 16.3 Å². The lowest BCUT2D eigenvalue weighted by atomic mass is 10.0. The number of anilines is 2. The van der Waals surface area contributed by atoms with E-state index in [-0.39, 0.29) is 12.5 Å². The van der Waals surface area contributed by atoms with Gasteiger partial charge in [-0.1, -0.05) is 41.9 Å². The van der Waals surface area contributed by atoms with Crippen LogP contribution in [0.5, 0.6) is 5.88 Å². The molecule has 2 aromatic carbocycles. The topological polar surface area (TPSA) is 67.3 Å². The van der Waals surface area contributed by atoms with Crippen molar-refractivity contribution < 1.29 is 9.53 Å². The highest BCUT2D eigenvalue weighted by atomic mass is 35.5. The molecule has 4 rings (SSSR count). The van der Waals surface area contributed by atoms with Gasteiger partial charge in [0.05, 0.1) is 0 Å². The lowest BCUT2D eigenvalue weighted by Crippen LogP contribution is -2.32. The summed E-state index contributed by atoms with van der Waals surface area (Å²) in [5.74, 6) is 0.727. The Morgan fingerprint density at radius 2 is 1.93 bits per heavy atom. The number of halogens is 1. The first-order valence-corrected chi connectivity index (χ1v) is 10.2. The molecular formula is C23H23ClN4O2. The van der Waals surface area contributed by atoms with Crippen molar-refractivity contribution in [2.45, 2.75) is 26.8 Å². The number of benzene rings is 2. The van der Waals surface area contributed by atoms with Crippen LogP contribution in [0.4, 0.5) is 11.6 Å². The zero-order valence-electron chi connectivity index (χ0n) is 17.0. The van der Waals surface area contributed by atoms with Crippen LogP contribution in [0.25, 0.3) is 0 Å². The van der Waals surface area contributed by atoms with Gasteiger partial charge in [0.15, 0.2) is 6.61 Å². The molecule has 154 valence electrons. The lowest BCUT2D eigenvalue weighted by Gasteiger charge is -2.29. The molecule has 0 aliphatic carbocycles. The highest BCUT2D eigenvalue weighted by Gasteiger charge is 2.19. The summed E-state index contributed by atoms with van der Waals surface area (Å²) in [5.41, 5.74) is 4.93.